The summed E-state index contributed by atoms with van der Waals surface area (Å²) in [5.74, 6) is -1.12. The van der Waals surface area contributed by atoms with Crippen LogP contribution in [0.1, 0.15) is 18.1 Å². The number of rotatable bonds is 7. The molecule has 2 amide bonds. The van der Waals surface area contributed by atoms with Gasteiger partial charge in [0.1, 0.15) is 4.32 Å². The van der Waals surface area contributed by atoms with E-state index in [-0.39, 0.29) is 34.0 Å². The SMILES string of the molecule is CCOS(=O)(=O)CCN1C(=O)C(=C2C(=O)N(Cc3ccccc3)c3ccccc32)SC1=S. The molecule has 1 saturated heterocycles. The van der Waals surface area contributed by atoms with Crippen molar-refractivity contribution in [1.29, 1.82) is 0 Å². The average molecular weight is 489 g/mol. The quantitative estimate of drug-likeness (QED) is 0.336. The zero-order valence-corrected chi connectivity index (χ0v) is 19.6. The Bertz CT molecular complexity index is 1230. The monoisotopic (exact) mass is 488 g/mol. The summed E-state index contributed by atoms with van der Waals surface area (Å²) >= 11 is 6.35. The van der Waals surface area contributed by atoms with Crippen molar-refractivity contribution >= 4 is 61.5 Å². The molecule has 0 bridgehead atoms. The third-order valence-corrected chi connectivity index (χ3v) is 7.77. The number of thiocarbonyl (C=S) groups is 1. The van der Waals surface area contributed by atoms with Gasteiger partial charge >= 0.3 is 0 Å². The molecule has 2 aromatic carbocycles. The van der Waals surface area contributed by atoms with Gasteiger partial charge in [-0.15, -0.1) is 0 Å². The minimum atomic E-state index is -3.76. The molecule has 2 aliphatic rings. The van der Waals surface area contributed by atoms with Crippen molar-refractivity contribution in [2.75, 3.05) is 23.8 Å². The van der Waals surface area contributed by atoms with Crippen LogP contribution in [0.5, 0.6) is 0 Å². The van der Waals surface area contributed by atoms with Crippen LogP contribution in [-0.2, 0) is 30.4 Å². The van der Waals surface area contributed by atoms with E-state index in [1.54, 1.807) is 17.9 Å². The van der Waals surface area contributed by atoms with Gasteiger partial charge in [-0.25, -0.2) is 0 Å². The summed E-state index contributed by atoms with van der Waals surface area (Å²) in [7, 11) is -3.76. The van der Waals surface area contributed by atoms with E-state index < -0.39 is 16.0 Å². The lowest BCUT2D eigenvalue weighted by molar-refractivity contribution is -0.122. The summed E-state index contributed by atoms with van der Waals surface area (Å²) < 4.78 is 28.7. The third-order valence-electron chi connectivity index (χ3n) is 5.05. The van der Waals surface area contributed by atoms with Crippen molar-refractivity contribution in [1.82, 2.24) is 4.90 Å². The van der Waals surface area contributed by atoms with Gasteiger partial charge in [-0.3, -0.25) is 18.7 Å². The second kappa shape index (κ2) is 9.14. The molecule has 0 aromatic heterocycles. The van der Waals surface area contributed by atoms with Crippen LogP contribution in [-0.4, -0.2) is 48.4 Å². The van der Waals surface area contributed by atoms with E-state index in [0.717, 1.165) is 23.0 Å². The first kappa shape index (κ1) is 22.7. The van der Waals surface area contributed by atoms with E-state index in [0.29, 0.717) is 17.7 Å². The van der Waals surface area contributed by atoms with E-state index in [2.05, 4.69) is 0 Å². The Morgan fingerprint density at radius 2 is 1.66 bits per heavy atom. The van der Waals surface area contributed by atoms with Crippen LogP contribution in [0.25, 0.3) is 5.57 Å². The van der Waals surface area contributed by atoms with Crippen molar-refractivity contribution in [2.45, 2.75) is 13.5 Å². The molecule has 7 nitrogen and oxygen atoms in total. The lowest BCUT2D eigenvalue weighted by Crippen LogP contribution is -2.33. The molecule has 2 aliphatic heterocycles. The predicted molar refractivity (Wildman–Crippen MR) is 128 cm³/mol. The summed E-state index contributed by atoms with van der Waals surface area (Å²) in [4.78, 5) is 29.7. The number of benzene rings is 2. The van der Waals surface area contributed by atoms with E-state index in [4.69, 9.17) is 16.4 Å². The number of carbonyl (C=O) groups is 2. The molecule has 166 valence electrons. The Labute approximate surface area is 196 Å². The number of carbonyl (C=O) groups excluding carboxylic acids is 2. The van der Waals surface area contributed by atoms with Gasteiger partial charge < -0.3 is 4.90 Å². The lowest BCUT2D eigenvalue weighted by atomic mass is 10.1. The van der Waals surface area contributed by atoms with Gasteiger partial charge in [0.05, 0.1) is 35.1 Å². The number of anilines is 1. The second-order valence-corrected chi connectivity index (χ2v) is 10.5. The van der Waals surface area contributed by atoms with Gasteiger partial charge in [-0.05, 0) is 18.6 Å². The van der Waals surface area contributed by atoms with Gasteiger partial charge in [0.15, 0.2) is 0 Å². The Morgan fingerprint density at radius 1 is 0.969 bits per heavy atom. The molecule has 10 heteroatoms. The van der Waals surface area contributed by atoms with Gasteiger partial charge in [-0.1, -0.05) is 72.5 Å². The molecule has 0 atom stereocenters. The highest BCUT2D eigenvalue weighted by molar-refractivity contribution is 8.26. The first-order chi connectivity index (χ1) is 15.3. The molecule has 0 aliphatic carbocycles. The molecule has 0 unspecified atom stereocenters. The van der Waals surface area contributed by atoms with E-state index in [1.807, 2.05) is 48.5 Å². The number of amides is 2. The van der Waals surface area contributed by atoms with Gasteiger partial charge in [-0.2, -0.15) is 8.42 Å². The lowest BCUT2D eigenvalue weighted by Gasteiger charge is -2.17. The molecular weight excluding hydrogens is 468 g/mol. The van der Waals surface area contributed by atoms with Crippen LogP contribution in [0.4, 0.5) is 5.69 Å². The number of para-hydroxylation sites is 1. The van der Waals surface area contributed by atoms with E-state index in [9.17, 15) is 18.0 Å². The number of hydrogen-bond acceptors (Lipinski definition) is 7. The fraction of sp³-hybridized carbons (Fsp3) is 0.227. The molecule has 0 spiro atoms. The van der Waals surface area contributed by atoms with Crippen LogP contribution in [0.15, 0.2) is 59.5 Å². The summed E-state index contributed by atoms with van der Waals surface area (Å²) in [6.45, 7) is 1.83. The topological polar surface area (TPSA) is 84.0 Å². The van der Waals surface area contributed by atoms with Crippen LogP contribution >= 0.6 is 24.0 Å². The highest BCUT2D eigenvalue weighted by atomic mass is 32.2. The molecule has 0 radical (unpaired) electrons. The maximum absolute atomic E-state index is 13.4. The molecule has 32 heavy (non-hydrogen) atoms. The maximum atomic E-state index is 13.4. The third kappa shape index (κ3) is 4.36. The molecule has 2 aromatic rings. The van der Waals surface area contributed by atoms with Gasteiger partial charge in [0.2, 0.25) is 0 Å². The van der Waals surface area contributed by atoms with Gasteiger partial charge in [0, 0.05) is 12.1 Å². The zero-order chi connectivity index (χ0) is 22.9. The highest BCUT2D eigenvalue weighted by Crippen LogP contribution is 2.44. The van der Waals surface area contributed by atoms with Crippen molar-refractivity contribution in [3.8, 4) is 0 Å². The summed E-state index contributed by atoms with van der Waals surface area (Å²) in [6.07, 6.45) is 0. The normalized spacial score (nSPS) is 18.6. The Balaban J connectivity index is 1.66. The Morgan fingerprint density at radius 3 is 2.38 bits per heavy atom. The average Bonchev–Trinajstić information content (AvgIpc) is 3.20. The number of hydrogen-bond donors (Lipinski definition) is 0. The maximum Gasteiger partial charge on any atom is 0.269 e. The standard InChI is InChI=1S/C22H20N2O5S3/c1-2-29-32(27,28)13-12-23-21(26)19(31-22(23)30)18-16-10-6-7-11-17(16)24(20(18)25)14-15-8-4-3-5-9-15/h3-11H,2,12-14H2,1H3. The summed E-state index contributed by atoms with van der Waals surface area (Å²) in [5.41, 5.74) is 2.64. The van der Waals surface area contributed by atoms with Crippen molar-refractivity contribution in [3.05, 3.63) is 70.6 Å². The molecule has 1 fully saturated rings. The van der Waals surface area contributed by atoms with Crippen LogP contribution in [0.3, 0.4) is 0 Å². The molecule has 0 N–H and O–H groups in total. The summed E-state index contributed by atoms with van der Waals surface area (Å²) in [6, 6.07) is 16.9. The zero-order valence-electron chi connectivity index (χ0n) is 17.2. The van der Waals surface area contributed by atoms with Gasteiger partial charge in [0.25, 0.3) is 21.9 Å². The Kier molecular flexibility index (Phi) is 6.47. The predicted octanol–water partition coefficient (Wildman–Crippen LogP) is 3.17. The smallest absolute Gasteiger partial charge is 0.269 e. The Hall–Kier alpha value is -2.53. The van der Waals surface area contributed by atoms with Crippen molar-refractivity contribution in [3.63, 3.8) is 0 Å². The van der Waals surface area contributed by atoms with Crippen molar-refractivity contribution < 1.29 is 22.2 Å². The minimum absolute atomic E-state index is 0.0211. The number of nitrogens with zero attached hydrogens (tertiary/aromatic N) is 2. The second-order valence-electron chi connectivity index (χ2n) is 7.09. The number of thioether (sulfide) groups is 1. The van der Waals surface area contributed by atoms with E-state index >= 15 is 0 Å². The highest BCUT2D eigenvalue weighted by Gasteiger charge is 2.42. The fourth-order valence-electron chi connectivity index (χ4n) is 3.61. The number of fused-ring (bicyclic) bond motifs is 1. The fourth-order valence-corrected chi connectivity index (χ4v) is 5.87. The van der Waals surface area contributed by atoms with Crippen LogP contribution < -0.4 is 4.90 Å². The first-order valence-electron chi connectivity index (χ1n) is 9.92. The molecule has 4 rings (SSSR count). The minimum Gasteiger partial charge on any atom is -0.303 e. The van der Waals surface area contributed by atoms with E-state index in [1.165, 1.54) is 4.90 Å². The molecule has 0 saturated carbocycles. The molecular formula is C22H20N2O5S3. The summed E-state index contributed by atoms with van der Waals surface area (Å²) in [5, 5.41) is 0. The largest absolute Gasteiger partial charge is 0.303 e. The first-order valence-corrected chi connectivity index (χ1v) is 12.7. The van der Waals surface area contributed by atoms with Crippen LogP contribution in [0.2, 0.25) is 0 Å². The van der Waals surface area contributed by atoms with Crippen LogP contribution in [0, 0.1) is 0 Å². The molecule has 2 heterocycles. The van der Waals surface area contributed by atoms with Crippen molar-refractivity contribution in [2.24, 2.45) is 0 Å².